The molecule has 3 aromatic rings. The fraction of sp³-hybridized carbons (Fsp3) is 0.240. The van der Waals surface area contributed by atoms with E-state index < -0.39 is 6.04 Å². The van der Waals surface area contributed by atoms with Crippen LogP contribution < -0.4 is 10.2 Å². The molecule has 0 saturated carbocycles. The van der Waals surface area contributed by atoms with E-state index in [2.05, 4.69) is 21.2 Å². The molecule has 1 aliphatic heterocycles. The van der Waals surface area contributed by atoms with Gasteiger partial charge in [0.1, 0.15) is 12.6 Å². The second kappa shape index (κ2) is 9.12. The third-order valence-electron chi connectivity index (χ3n) is 5.70. The maximum absolute atomic E-state index is 13.5. The molecular weight excluding hydrogens is 470 g/mol. The molecule has 3 amide bonds. The van der Waals surface area contributed by atoms with Crippen molar-refractivity contribution in [3.63, 3.8) is 0 Å². The number of carbonyl (C=O) groups is 3. The number of hydrogen-bond acceptors (Lipinski definition) is 3. The zero-order valence-electron chi connectivity index (χ0n) is 18.0. The van der Waals surface area contributed by atoms with Crippen molar-refractivity contribution in [1.29, 1.82) is 0 Å². The van der Waals surface area contributed by atoms with E-state index in [1.165, 1.54) is 9.80 Å². The van der Waals surface area contributed by atoms with E-state index in [1.54, 1.807) is 13.0 Å². The smallest absolute Gasteiger partial charge is 0.259 e. The molecule has 0 fully saturated rings. The Labute approximate surface area is 195 Å². The molecule has 1 N–H and O–H groups in total. The van der Waals surface area contributed by atoms with Gasteiger partial charge < -0.3 is 10.2 Å². The first-order chi connectivity index (χ1) is 15.4. The van der Waals surface area contributed by atoms with Crippen LogP contribution in [0.5, 0.6) is 0 Å². The highest BCUT2D eigenvalue weighted by Gasteiger charge is 2.34. The molecule has 32 heavy (non-hydrogen) atoms. The molecule has 1 aliphatic rings. The number of benzene rings is 3. The van der Waals surface area contributed by atoms with E-state index in [0.29, 0.717) is 12.1 Å². The number of likely N-dealkylation sites (N-methyl/N-ethyl adjacent to an activating group) is 1. The van der Waals surface area contributed by atoms with Gasteiger partial charge in [0.15, 0.2) is 0 Å². The highest BCUT2D eigenvalue weighted by atomic mass is 79.9. The van der Waals surface area contributed by atoms with Crippen LogP contribution in [0.1, 0.15) is 29.8 Å². The second-order valence-corrected chi connectivity index (χ2v) is 8.71. The van der Waals surface area contributed by atoms with Crippen molar-refractivity contribution in [3.8, 4) is 0 Å². The Kier molecular flexibility index (Phi) is 6.28. The molecule has 1 heterocycles. The van der Waals surface area contributed by atoms with Crippen molar-refractivity contribution < 1.29 is 14.4 Å². The van der Waals surface area contributed by atoms with Crippen LogP contribution in [0.2, 0.25) is 0 Å². The van der Waals surface area contributed by atoms with Crippen molar-refractivity contribution in [2.75, 3.05) is 18.0 Å². The van der Waals surface area contributed by atoms with E-state index >= 15 is 0 Å². The number of anilines is 1. The molecule has 0 saturated heterocycles. The summed E-state index contributed by atoms with van der Waals surface area (Å²) in [6, 6.07) is 18.2. The molecule has 0 aromatic heterocycles. The molecule has 0 bridgehead atoms. The number of rotatable bonds is 7. The Morgan fingerprint density at radius 3 is 2.53 bits per heavy atom. The molecule has 0 radical (unpaired) electrons. The van der Waals surface area contributed by atoms with Crippen molar-refractivity contribution >= 4 is 50.1 Å². The minimum atomic E-state index is -0.683. The predicted octanol–water partition coefficient (Wildman–Crippen LogP) is 4.12. The Morgan fingerprint density at radius 2 is 1.81 bits per heavy atom. The van der Waals surface area contributed by atoms with E-state index in [4.69, 9.17) is 0 Å². The highest BCUT2D eigenvalue weighted by Crippen LogP contribution is 2.37. The summed E-state index contributed by atoms with van der Waals surface area (Å²) in [4.78, 5) is 42.2. The van der Waals surface area contributed by atoms with E-state index in [9.17, 15) is 14.4 Å². The molecule has 6 nitrogen and oxygen atoms in total. The van der Waals surface area contributed by atoms with Gasteiger partial charge in [0.25, 0.3) is 5.91 Å². The summed E-state index contributed by atoms with van der Waals surface area (Å²) in [5.41, 5.74) is 2.22. The molecule has 0 unspecified atom stereocenters. The second-order valence-electron chi connectivity index (χ2n) is 7.79. The maximum atomic E-state index is 13.5. The van der Waals surface area contributed by atoms with Crippen LogP contribution >= 0.6 is 15.9 Å². The summed E-state index contributed by atoms with van der Waals surface area (Å²) in [7, 11) is 0. The zero-order valence-corrected chi connectivity index (χ0v) is 19.6. The lowest BCUT2D eigenvalue weighted by Gasteiger charge is -2.30. The largest absolute Gasteiger partial charge is 0.355 e. The van der Waals surface area contributed by atoms with Crippen LogP contribution in [0.3, 0.4) is 0 Å². The predicted molar refractivity (Wildman–Crippen MR) is 128 cm³/mol. The van der Waals surface area contributed by atoms with Gasteiger partial charge in [0.05, 0.1) is 5.69 Å². The van der Waals surface area contributed by atoms with Crippen molar-refractivity contribution in [2.45, 2.75) is 26.4 Å². The van der Waals surface area contributed by atoms with Crippen LogP contribution in [0, 0.1) is 0 Å². The van der Waals surface area contributed by atoms with Crippen molar-refractivity contribution in [1.82, 2.24) is 10.2 Å². The van der Waals surface area contributed by atoms with E-state index in [-0.39, 0.29) is 30.8 Å². The first-order valence-electron chi connectivity index (χ1n) is 10.6. The molecule has 4 rings (SSSR count). The van der Waals surface area contributed by atoms with Gasteiger partial charge in [0.2, 0.25) is 11.8 Å². The fourth-order valence-electron chi connectivity index (χ4n) is 4.10. The van der Waals surface area contributed by atoms with Gasteiger partial charge >= 0.3 is 0 Å². The number of halogens is 1. The van der Waals surface area contributed by atoms with E-state index in [1.807, 2.05) is 61.5 Å². The molecular formula is C25H24BrN3O3. The summed E-state index contributed by atoms with van der Waals surface area (Å²) >= 11 is 3.46. The van der Waals surface area contributed by atoms with E-state index in [0.717, 1.165) is 26.5 Å². The molecule has 1 atom stereocenters. The number of nitrogens with zero attached hydrogens (tertiary/aromatic N) is 2. The van der Waals surface area contributed by atoms with Crippen LogP contribution in [-0.2, 0) is 16.1 Å². The third-order valence-corrected chi connectivity index (χ3v) is 6.20. The van der Waals surface area contributed by atoms with Crippen LogP contribution in [-0.4, -0.2) is 41.8 Å². The topological polar surface area (TPSA) is 69.7 Å². The highest BCUT2D eigenvalue weighted by molar-refractivity contribution is 9.10. The van der Waals surface area contributed by atoms with Crippen molar-refractivity contribution in [3.05, 3.63) is 76.3 Å². The normalized spacial score (nSPS) is 13.3. The van der Waals surface area contributed by atoms with Gasteiger partial charge in [-0.2, -0.15) is 0 Å². The van der Waals surface area contributed by atoms with Crippen molar-refractivity contribution in [2.24, 2.45) is 0 Å². The summed E-state index contributed by atoms with van der Waals surface area (Å²) in [5, 5.41) is 4.61. The molecule has 7 heteroatoms. The average molecular weight is 494 g/mol. The summed E-state index contributed by atoms with van der Waals surface area (Å²) in [6.45, 7) is 4.15. The Bertz CT molecular complexity index is 1200. The summed E-state index contributed by atoms with van der Waals surface area (Å²) in [6.07, 6.45) is 0. The monoisotopic (exact) mass is 493 g/mol. The number of amides is 3. The lowest BCUT2D eigenvalue weighted by atomic mass is 10.1. The lowest BCUT2D eigenvalue weighted by molar-refractivity contribution is -0.139. The van der Waals surface area contributed by atoms with Crippen LogP contribution in [0.15, 0.2) is 65.1 Å². The average Bonchev–Trinajstić information content (AvgIpc) is 3.05. The number of nitrogens with one attached hydrogen (secondary N) is 1. The lowest BCUT2D eigenvalue weighted by Crippen LogP contribution is -2.50. The van der Waals surface area contributed by atoms with Gasteiger partial charge in [-0.15, -0.1) is 0 Å². The summed E-state index contributed by atoms with van der Waals surface area (Å²) in [5.74, 6) is -0.714. The van der Waals surface area contributed by atoms with Crippen LogP contribution in [0.4, 0.5) is 5.69 Å². The Hall–Kier alpha value is -3.19. The van der Waals surface area contributed by atoms with Gasteiger partial charge in [-0.3, -0.25) is 19.3 Å². The van der Waals surface area contributed by atoms with Gasteiger partial charge in [-0.1, -0.05) is 52.3 Å². The number of carbonyl (C=O) groups excluding carboxylic acids is 3. The molecule has 3 aromatic carbocycles. The molecule has 0 spiro atoms. The number of hydrogen-bond donors (Lipinski definition) is 1. The Balaban J connectivity index is 1.63. The quantitative estimate of drug-likeness (QED) is 0.538. The fourth-order valence-corrected chi connectivity index (χ4v) is 4.55. The van der Waals surface area contributed by atoms with Gasteiger partial charge in [0, 0.05) is 28.5 Å². The Morgan fingerprint density at radius 1 is 1.09 bits per heavy atom. The molecule has 0 aliphatic carbocycles. The minimum Gasteiger partial charge on any atom is -0.355 e. The van der Waals surface area contributed by atoms with Crippen LogP contribution in [0.25, 0.3) is 10.8 Å². The standard InChI is InChI=1S/C25H24BrN3O3/c1-3-27-24(31)16(2)28(14-17-7-4-10-19(26)13-17)22(30)15-29-21-12-6-9-18-8-5-11-20(23(18)21)25(29)32/h4-13,16H,3,14-15H2,1-2H3,(H,27,31)/t16-/m0/s1. The SMILES string of the molecule is CCNC(=O)[C@H](C)N(Cc1cccc(Br)c1)C(=O)CN1C(=O)c2cccc3cccc1c23. The molecule has 164 valence electrons. The zero-order chi connectivity index (χ0) is 22.8. The third kappa shape index (κ3) is 4.12. The van der Waals surface area contributed by atoms with Gasteiger partial charge in [-0.25, -0.2) is 0 Å². The van der Waals surface area contributed by atoms with Gasteiger partial charge in [-0.05, 0) is 49.1 Å². The summed E-state index contributed by atoms with van der Waals surface area (Å²) < 4.78 is 0.893. The first kappa shape index (κ1) is 22.0. The minimum absolute atomic E-state index is 0.135. The first-order valence-corrected chi connectivity index (χ1v) is 11.3. The maximum Gasteiger partial charge on any atom is 0.259 e.